The van der Waals surface area contributed by atoms with Crippen LogP contribution in [0.3, 0.4) is 0 Å². The van der Waals surface area contributed by atoms with Gasteiger partial charge in [0.25, 0.3) is 0 Å². The van der Waals surface area contributed by atoms with Crippen LogP contribution in [0.1, 0.15) is 94.3 Å². The molecule has 4 rings (SSSR count). The number of alkyl halides is 6. The molecule has 2 saturated carbocycles. The van der Waals surface area contributed by atoms with Crippen LogP contribution in [0.25, 0.3) is 0 Å². The summed E-state index contributed by atoms with van der Waals surface area (Å²) in [6, 6.07) is 5.11. The van der Waals surface area contributed by atoms with Crippen molar-refractivity contribution in [3.8, 4) is 5.75 Å². The number of phenols is 1. The topological polar surface area (TPSA) is 60.8 Å². The van der Waals surface area contributed by atoms with E-state index >= 15 is 4.39 Å². The molecule has 250 valence electrons. The number of benzene rings is 1. The molecular weight excluding hydrogens is 604 g/mol. The van der Waals surface area contributed by atoms with Crippen molar-refractivity contribution < 1.29 is 40.8 Å². The van der Waals surface area contributed by atoms with E-state index in [1.807, 2.05) is 13.1 Å². The van der Waals surface area contributed by atoms with Gasteiger partial charge in [-0.1, -0.05) is 32.4 Å². The summed E-state index contributed by atoms with van der Waals surface area (Å²) >= 11 is 0. The molecule has 2 N–H and O–H groups in total. The molecule has 8 atom stereocenters. The lowest BCUT2D eigenvalue weighted by atomic mass is 9.51. The Morgan fingerprint density at radius 2 is 1.73 bits per heavy atom. The van der Waals surface area contributed by atoms with Crippen LogP contribution in [0.5, 0.6) is 5.75 Å². The molecule has 44 heavy (non-hydrogen) atoms. The lowest BCUT2D eigenvalue weighted by Crippen LogP contribution is -2.45. The zero-order valence-electron chi connectivity index (χ0n) is 25.7. The normalized spacial score (nSPS) is 31.1. The van der Waals surface area contributed by atoms with Gasteiger partial charge in [-0.15, -0.1) is 0 Å². The molecule has 1 unspecified atom stereocenters. The van der Waals surface area contributed by atoms with Crippen molar-refractivity contribution in [3.63, 3.8) is 0 Å². The first-order valence-corrected chi connectivity index (χ1v) is 17.4. The summed E-state index contributed by atoms with van der Waals surface area (Å²) in [5, 5.41) is 20.9. The summed E-state index contributed by atoms with van der Waals surface area (Å²) in [5.74, 6) is -4.36. The van der Waals surface area contributed by atoms with Crippen LogP contribution < -0.4 is 0 Å². The number of hydrogen-bond acceptors (Lipinski definition) is 4. The van der Waals surface area contributed by atoms with Gasteiger partial charge in [0.1, 0.15) is 11.9 Å². The minimum Gasteiger partial charge on any atom is -0.508 e. The van der Waals surface area contributed by atoms with E-state index in [-0.39, 0.29) is 46.3 Å². The number of aliphatic hydroxyl groups is 1. The third kappa shape index (κ3) is 7.51. The Hall–Kier alpha value is -1.59. The maximum Gasteiger partial charge on any atom is 0.453 e. The van der Waals surface area contributed by atoms with Gasteiger partial charge >= 0.3 is 12.1 Å². The summed E-state index contributed by atoms with van der Waals surface area (Å²) in [6.45, 7) is 7.83. The molecule has 0 aliphatic heterocycles. The summed E-state index contributed by atoms with van der Waals surface area (Å²) in [5.41, 5.74) is 2.27. The molecule has 0 aromatic heterocycles. The van der Waals surface area contributed by atoms with Gasteiger partial charge in [0.15, 0.2) is 0 Å². The molecule has 0 radical (unpaired) electrons. The third-order valence-electron chi connectivity index (χ3n) is 10.7. The van der Waals surface area contributed by atoms with Crippen LogP contribution in [0, 0.1) is 23.2 Å². The predicted octanol–water partition coefficient (Wildman–Crippen LogP) is 8.08. The number of rotatable bonds is 14. The number of fused-ring (bicyclic) bond motifs is 5. The largest absolute Gasteiger partial charge is 0.508 e. The van der Waals surface area contributed by atoms with Crippen LogP contribution >= 0.6 is 0 Å². The average molecular weight is 652 g/mol. The molecule has 3 aliphatic carbocycles. The monoisotopic (exact) mass is 651 g/mol. The van der Waals surface area contributed by atoms with Crippen LogP contribution in [0.2, 0.25) is 0 Å². The first kappa shape index (κ1) is 35.3. The fourth-order valence-electron chi connectivity index (χ4n) is 8.23. The molecule has 1 aromatic rings. The maximum absolute atomic E-state index is 16.3. The van der Waals surface area contributed by atoms with E-state index in [0.717, 1.165) is 49.8 Å². The van der Waals surface area contributed by atoms with Crippen molar-refractivity contribution in [1.29, 1.82) is 0 Å². The van der Waals surface area contributed by atoms with Crippen LogP contribution in [-0.4, -0.2) is 69.2 Å². The standard InChI is InChI=1S/C33H47F6NO3S/c1-21-28(42)20-27-29-24(12-14-31(21,27)2)23-11-10-22(41)19-26(23)30(34)25(29)9-5-4-6-15-40(3)16-8-18-44(43)17-7-13-32(35,36)33(37,38)39/h10-11,19,24-25,27-30,41-42H,1,4-9,12-18,20H2,2-3H3/t24-,25+,27+,28-,29+,30-,31-,44?/m1/s1. The molecular formula is C33H47F6NO3S. The molecule has 0 amide bonds. The highest BCUT2D eigenvalue weighted by Crippen LogP contribution is 2.66. The Morgan fingerprint density at radius 3 is 2.43 bits per heavy atom. The van der Waals surface area contributed by atoms with Crippen LogP contribution in [-0.2, 0) is 10.8 Å². The first-order chi connectivity index (χ1) is 20.6. The fourth-order valence-corrected chi connectivity index (χ4v) is 9.35. The average Bonchev–Trinajstić information content (AvgIpc) is 3.17. The first-order valence-electron chi connectivity index (χ1n) is 15.9. The van der Waals surface area contributed by atoms with Gasteiger partial charge in [-0.05, 0) is 123 Å². The lowest BCUT2D eigenvalue weighted by Gasteiger charge is -2.53. The minimum atomic E-state index is -5.58. The Kier molecular flexibility index (Phi) is 11.3. The summed E-state index contributed by atoms with van der Waals surface area (Å²) in [4.78, 5) is 2.08. The Bertz CT molecular complexity index is 1180. The highest BCUT2D eigenvalue weighted by atomic mass is 32.2. The second kappa shape index (κ2) is 14.0. The maximum atomic E-state index is 16.3. The zero-order chi connectivity index (χ0) is 32.4. The van der Waals surface area contributed by atoms with Gasteiger partial charge in [-0.25, -0.2) is 4.39 Å². The fraction of sp³-hybridized carbons (Fsp3) is 0.758. The van der Waals surface area contributed by atoms with Gasteiger partial charge in [-0.2, -0.15) is 22.0 Å². The minimum absolute atomic E-state index is 0.0730. The molecule has 3 aliphatic rings. The van der Waals surface area contributed by atoms with Crippen molar-refractivity contribution in [2.75, 3.05) is 31.6 Å². The summed E-state index contributed by atoms with van der Waals surface area (Å²) in [7, 11) is 0.488. The quantitative estimate of drug-likeness (QED) is 0.121. The van der Waals surface area contributed by atoms with Crippen molar-refractivity contribution in [2.45, 2.75) is 101 Å². The number of unbranched alkanes of at least 4 members (excludes halogenated alkanes) is 2. The van der Waals surface area contributed by atoms with E-state index in [4.69, 9.17) is 0 Å². The van der Waals surface area contributed by atoms with Gasteiger partial charge < -0.3 is 15.1 Å². The van der Waals surface area contributed by atoms with Gasteiger partial charge in [-0.3, -0.25) is 4.21 Å². The number of hydrogen-bond donors (Lipinski definition) is 2. The van der Waals surface area contributed by atoms with E-state index in [2.05, 4.69) is 18.4 Å². The molecule has 11 heteroatoms. The molecule has 4 nitrogen and oxygen atoms in total. The number of aromatic hydroxyl groups is 1. The van der Waals surface area contributed by atoms with Gasteiger partial charge in [0, 0.05) is 28.7 Å². The smallest absolute Gasteiger partial charge is 0.453 e. The van der Waals surface area contributed by atoms with Crippen LogP contribution in [0.15, 0.2) is 30.4 Å². The van der Waals surface area contributed by atoms with E-state index in [1.54, 1.807) is 12.1 Å². The second-order valence-corrected chi connectivity index (χ2v) is 15.3. The molecule has 0 bridgehead atoms. The van der Waals surface area contributed by atoms with E-state index in [9.17, 15) is 36.4 Å². The van der Waals surface area contributed by atoms with Crippen LogP contribution in [0.4, 0.5) is 26.3 Å². The number of halogens is 6. The molecule has 0 heterocycles. The van der Waals surface area contributed by atoms with Crippen molar-refractivity contribution in [2.24, 2.45) is 23.2 Å². The van der Waals surface area contributed by atoms with Crippen molar-refractivity contribution in [3.05, 3.63) is 41.5 Å². The number of aliphatic hydroxyl groups excluding tert-OH is 1. The Morgan fingerprint density at radius 1 is 1.05 bits per heavy atom. The zero-order valence-corrected chi connectivity index (χ0v) is 26.5. The van der Waals surface area contributed by atoms with E-state index < -0.39 is 48.0 Å². The molecule has 0 spiro atoms. The lowest BCUT2D eigenvalue weighted by molar-refractivity contribution is -0.284. The SMILES string of the molecule is C=C1[C@H](O)C[C@H]2[C@@H]3[C@H](CCCCCN(C)CCCS(=O)CCCC(F)(F)C(F)(F)F)[C@@H](F)c4cc(O)ccc4[C@H]3CC[C@]12C. The number of nitrogens with zero attached hydrogens (tertiary/aromatic N) is 1. The Balaban J connectivity index is 1.23. The molecule has 2 fully saturated rings. The highest BCUT2D eigenvalue weighted by Gasteiger charge is 2.59. The summed E-state index contributed by atoms with van der Waals surface area (Å²) < 4.78 is 91.1. The van der Waals surface area contributed by atoms with E-state index in [0.29, 0.717) is 31.4 Å². The molecule has 0 saturated heterocycles. The van der Waals surface area contributed by atoms with Crippen molar-refractivity contribution >= 4 is 10.8 Å². The second-order valence-electron chi connectivity index (χ2n) is 13.6. The predicted molar refractivity (Wildman–Crippen MR) is 161 cm³/mol. The highest BCUT2D eigenvalue weighted by molar-refractivity contribution is 7.84. The van der Waals surface area contributed by atoms with Crippen molar-refractivity contribution in [1.82, 2.24) is 4.90 Å². The Labute approximate surface area is 259 Å². The summed E-state index contributed by atoms with van der Waals surface area (Å²) in [6.07, 6.45) is -2.80. The van der Waals surface area contributed by atoms with Gasteiger partial charge in [0.2, 0.25) is 0 Å². The van der Waals surface area contributed by atoms with E-state index in [1.165, 1.54) is 0 Å². The number of phenolic OH excluding ortho intramolecular Hbond substituents is 1. The van der Waals surface area contributed by atoms with Gasteiger partial charge in [0.05, 0.1) is 6.10 Å². The molecule has 1 aromatic carbocycles. The third-order valence-corrected chi connectivity index (χ3v) is 12.2.